The van der Waals surface area contributed by atoms with Crippen LogP contribution in [0.25, 0.3) is 0 Å². The van der Waals surface area contributed by atoms with Gasteiger partial charge < -0.3 is 0 Å². The first-order valence-corrected chi connectivity index (χ1v) is 3.62. The van der Waals surface area contributed by atoms with E-state index in [0.717, 1.165) is 0 Å². The fourth-order valence-corrected chi connectivity index (χ4v) is 1.64. The minimum absolute atomic E-state index is 0.431. The van der Waals surface area contributed by atoms with Crippen molar-refractivity contribution < 1.29 is 0 Å². The first kappa shape index (κ1) is 6.14. The van der Waals surface area contributed by atoms with Crippen LogP contribution >= 0.6 is 11.8 Å². The zero-order chi connectivity index (χ0) is 6.15. The van der Waals surface area contributed by atoms with E-state index in [9.17, 15) is 0 Å². The maximum absolute atomic E-state index is 4.29. The SMILES string of the molecule is [CH2]C1SC(C)=NC1C. The maximum Gasteiger partial charge on any atom is 0.0652 e. The van der Waals surface area contributed by atoms with Crippen LogP contribution in [0.3, 0.4) is 0 Å². The zero-order valence-corrected chi connectivity index (χ0v) is 6.03. The molecule has 0 saturated heterocycles. The highest BCUT2D eigenvalue weighted by atomic mass is 32.2. The number of thioether (sulfide) groups is 1. The molecule has 8 heavy (non-hydrogen) atoms. The summed E-state index contributed by atoms with van der Waals surface area (Å²) in [4.78, 5) is 4.29. The van der Waals surface area contributed by atoms with Crippen molar-refractivity contribution in [3.05, 3.63) is 6.92 Å². The van der Waals surface area contributed by atoms with Gasteiger partial charge in [-0.05, 0) is 20.8 Å². The molecule has 0 aromatic carbocycles. The molecule has 0 amide bonds. The highest BCUT2D eigenvalue weighted by molar-refractivity contribution is 8.14. The second-order valence-corrected chi connectivity index (χ2v) is 3.48. The smallest absolute Gasteiger partial charge is 0.0652 e. The molecular weight excluding hydrogens is 118 g/mol. The average Bonchev–Trinajstić information content (AvgIpc) is 1.85. The summed E-state index contributed by atoms with van der Waals surface area (Å²) < 4.78 is 0. The molecule has 1 aliphatic heterocycles. The molecule has 1 radical (unpaired) electrons. The van der Waals surface area contributed by atoms with Gasteiger partial charge in [0.15, 0.2) is 0 Å². The van der Waals surface area contributed by atoms with Gasteiger partial charge in [0.1, 0.15) is 0 Å². The number of rotatable bonds is 0. The molecule has 0 aromatic heterocycles. The van der Waals surface area contributed by atoms with Crippen molar-refractivity contribution in [3.63, 3.8) is 0 Å². The van der Waals surface area contributed by atoms with Gasteiger partial charge in [0.2, 0.25) is 0 Å². The Kier molecular flexibility index (Phi) is 1.61. The molecule has 0 bridgehead atoms. The Labute approximate surface area is 54.6 Å². The van der Waals surface area contributed by atoms with E-state index in [2.05, 4.69) is 18.8 Å². The monoisotopic (exact) mass is 128 g/mol. The topological polar surface area (TPSA) is 12.4 Å². The van der Waals surface area contributed by atoms with E-state index in [1.807, 2.05) is 6.92 Å². The first-order chi connectivity index (χ1) is 3.70. The molecule has 1 heterocycles. The highest BCUT2D eigenvalue weighted by Crippen LogP contribution is 2.24. The van der Waals surface area contributed by atoms with Gasteiger partial charge in [0.25, 0.3) is 0 Å². The lowest BCUT2D eigenvalue weighted by Crippen LogP contribution is -2.07. The van der Waals surface area contributed by atoms with Crippen molar-refractivity contribution in [2.45, 2.75) is 25.1 Å². The summed E-state index contributed by atoms with van der Waals surface area (Å²) >= 11 is 1.77. The molecule has 0 spiro atoms. The predicted molar refractivity (Wildman–Crippen MR) is 39.3 cm³/mol. The summed E-state index contributed by atoms with van der Waals surface area (Å²) in [5.41, 5.74) is 0. The third kappa shape index (κ3) is 1.05. The molecule has 1 aliphatic rings. The molecule has 0 aromatic rings. The van der Waals surface area contributed by atoms with Gasteiger partial charge in [-0.3, -0.25) is 4.99 Å². The Hall–Kier alpha value is 0.0200. The van der Waals surface area contributed by atoms with Gasteiger partial charge in [-0.15, -0.1) is 11.8 Å². The van der Waals surface area contributed by atoms with Crippen molar-refractivity contribution in [1.82, 2.24) is 0 Å². The van der Waals surface area contributed by atoms with Crippen LogP contribution in [-0.2, 0) is 0 Å². The summed E-state index contributed by atoms with van der Waals surface area (Å²) in [6.45, 7) is 8.05. The number of nitrogens with zero attached hydrogens (tertiary/aromatic N) is 1. The lowest BCUT2D eigenvalue weighted by molar-refractivity contribution is 0.788. The molecule has 1 rings (SSSR count). The van der Waals surface area contributed by atoms with E-state index < -0.39 is 0 Å². The molecule has 0 N–H and O–H groups in total. The molecule has 2 heteroatoms. The van der Waals surface area contributed by atoms with E-state index in [1.54, 1.807) is 11.8 Å². The predicted octanol–water partition coefficient (Wildman–Crippen LogP) is 1.74. The van der Waals surface area contributed by atoms with Crippen LogP contribution in [0.2, 0.25) is 0 Å². The fourth-order valence-electron chi connectivity index (χ4n) is 0.718. The van der Waals surface area contributed by atoms with Crippen LogP contribution in [0.1, 0.15) is 13.8 Å². The Morgan fingerprint density at radius 2 is 2.38 bits per heavy atom. The Morgan fingerprint density at radius 3 is 2.50 bits per heavy atom. The van der Waals surface area contributed by atoms with Gasteiger partial charge in [-0.25, -0.2) is 0 Å². The van der Waals surface area contributed by atoms with Gasteiger partial charge in [0.05, 0.1) is 11.1 Å². The van der Waals surface area contributed by atoms with Crippen molar-refractivity contribution in [3.8, 4) is 0 Å². The zero-order valence-electron chi connectivity index (χ0n) is 5.22. The minimum atomic E-state index is 0.431. The molecule has 0 aliphatic carbocycles. The van der Waals surface area contributed by atoms with Crippen molar-refractivity contribution in [2.75, 3.05) is 0 Å². The summed E-state index contributed by atoms with van der Waals surface area (Å²) in [5, 5.41) is 1.63. The summed E-state index contributed by atoms with van der Waals surface area (Å²) in [6, 6.07) is 0.431. The second kappa shape index (κ2) is 2.09. The van der Waals surface area contributed by atoms with Gasteiger partial charge in [-0.2, -0.15) is 0 Å². The quantitative estimate of drug-likeness (QED) is 0.484. The van der Waals surface area contributed by atoms with Crippen LogP contribution in [0.4, 0.5) is 0 Å². The third-order valence-electron chi connectivity index (χ3n) is 1.25. The van der Waals surface area contributed by atoms with E-state index in [1.165, 1.54) is 5.04 Å². The third-order valence-corrected chi connectivity index (χ3v) is 2.39. The second-order valence-electron chi connectivity index (χ2n) is 2.05. The summed E-state index contributed by atoms with van der Waals surface area (Å²) in [5.74, 6) is 0. The molecule has 0 fully saturated rings. The van der Waals surface area contributed by atoms with Gasteiger partial charge in [0, 0.05) is 5.25 Å². The van der Waals surface area contributed by atoms with Gasteiger partial charge >= 0.3 is 0 Å². The fraction of sp³-hybridized carbons (Fsp3) is 0.667. The van der Waals surface area contributed by atoms with E-state index in [0.29, 0.717) is 11.3 Å². The molecule has 2 atom stereocenters. The van der Waals surface area contributed by atoms with Crippen LogP contribution < -0.4 is 0 Å². The Balaban J connectivity index is 2.56. The number of hydrogen-bond acceptors (Lipinski definition) is 2. The highest BCUT2D eigenvalue weighted by Gasteiger charge is 2.18. The average molecular weight is 128 g/mol. The molecule has 2 unspecified atom stereocenters. The number of hydrogen-bond donors (Lipinski definition) is 0. The van der Waals surface area contributed by atoms with Crippen LogP contribution in [0, 0.1) is 6.92 Å². The largest absolute Gasteiger partial charge is 0.279 e. The summed E-state index contributed by atoms with van der Waals surface area (Å²) in [6.07, 6.45) is 0. The molecular formula is C6H10NS. The number of aliphatic imine (C=N–C) groups is 1. The van der Waals surface area contributed by atoms with Crippen LogP contribution in [-0.4, -0.2) is 16.3 Å². The maximum atomic E-state index is 4.29. The molecule has 45 valence electrons. The first-order valence-electron chi connectivity index (χ1n) is 2.74. The van der Waals surface area contributed by atoms with Crippen molar-refractivity contribution in [2.24, 2.45) is 4.99 Å². The van der Waals surface area contributed by atoms with Crippen molar-refractivity contribution in [1.29, 1.82) is 0 Å². The lowest BCUT2D eigenvalue weighted by atomic mass is 10.3. The Bertz CT molecular complexity index is 120. The molecule has 1 nitrogen and oxygen atoms in total. The van der Waals surface area contributed by atoms with Crippen LogP contribution in [0.5, 0.6) is 0 Å². The van der Waals surface area contributed by atoms with Gasteiger partial charge in [-0.1, -0.05) is 0 Å². The lowest BCUT2D eigenvalue weighted by Gasteiger charge is -2.02. The standard InChI is InChI=1S/C6H10NS/c1-4-5(2)8-6(3)7-4/h4-5H,2H2,1,3H3. The summed E-state index contributed by atoms with van der Waals surface area (Å²) in [7, 11) is 0. The normalized spacial score (nSPS) is 37.6. The minimum Gasteiger partial charge on any atom is -0.279 e. The Morgan fingerprint density at radius 1 is 1.75 bits per heavy atom. The van der Waals surface area contributed by atoms with E-state index >= 15 is 0 Å². The van der Waals surface area contributed by atoms with E-state index in [4.69, 9.17) is 0 Å². The van der Waals surface area contributed by atoms with E-state index in [-0.39, 0.29) is 0 Å². The van der Waals surface area contributed by atoms with Crippen LogP contribution in [0.15, 0.2) is 4.99 Å². The van der Waals surface area contributed by atoms with Crippen molar-refractivity contribution >= 4 is 16.8 Å². The molecule has 0 saturated carbocycles.